The van der Waals surface area contributed by atoms with Crippen molar-refractivity contribution >= 4 is 17.2 Å². The van der Waals surface area contributed by atoms with Crippen molar-refractivity contribution in [3.05, 3.63) is 59.2 Å². The van der Waals surface area contributed by atoms with Gasteiger partial charge in [0.05, 0.1) is 5.69 Å². The van der Waals surface area contributed by atoms with E-state index in [1.807, 2.05) is 43.3 Å². The van der Waals surface area contributed by atoms with Crippen LogP contribution >= 0.6 is 0 Å². The van der Waals surface area contributed by atoms with E-state index in [9.17, 15) is 8.23 Å². The predicted molar refractivity (Wildman–Crippen MR) is 91.8 cm³/mol. The highest BCUT2D eigenvalue weighted by Gasteiger charge is 2.20. The molecule has 1 saturated heterocycles. The number of piperidine rings is 1. The summed E-state index contributed by atoms with van der Waals surface area (Å²) in [6.07, 6.45) is 3.52. The zero-order valence-corrected chi connectivity index (χ0v) is 16.3. The molecule has 0 radical (unpaired) electrons. The maximum Gasteiger partial charge on any atom is 0.479 e. The Hall–Kier alpha value is -1.64. The topological polar surface area (TPSA) is 64.6 Å². The van der Waals surface area contributed by atoms with Crippen LogP contribution in [0.3, 0.4) is 0 Å². The van der Waals surface area contributed by atoms with Crippen LogP contribution in [0.1, 0.15) is 40.7 Å². The lowest BCUT2D eigenvalue weighted by atomic mass is 9.98. The minimum atomic E-state index is -1.57. The molecule has 1 aliphatic rings. The second kappa shape index (κ2) is 8.64. The predicted octanol–water partition coefficient (Wildman–Crippen LogP) is -0.161. The number of benzene rings is 2. The average Bonchev–Trinajstić information content (AvgIpc) is 2.67. The Bertz CT molecular complexity index is 728. The maximum absolute atomic E-state index is 13.1. The fraction of sp³-hybridized carbons (Fsp3) is 0.316. The summed E-state index contributed by atoms with van der Waals surface area (Å²) in [6, 6.07) is 13.2. The Kier molecular flexibility index (Phi) is 6.28. The third-order valence-electron chi connectivity index (χ3n) is 4.44. The molecule has 1 fully saturated rings. The van der Waals surface area contributed by atoms with E-state index in [1.165, 1.54) is 6.42 Å². The van der Waals surface area contributed by atoms with Crippen LogP contribution in [0, 0.1) is 6.92 Å². The van der Waals surface area contributed by atoms with Gasteiger partial charge in [0.25, 0.3) is 0 Å². The standard InChI is InChI=1S/C19H21IN2O3/c1-14-5-7-15(8-6-14)19(23)17-13-16(21-25-20-24)9-10-18(17)22-11-3-2-4-12-22/h5-10,13,21H,2-4,11-12H2,1H3. The van der Waals surface area contributed by atoms with Gasteiger partial charge in [-0.05, 0) is 47.6 Å². The first-order valence-electron chi connectivity index (χ1n) is 8.38. The van der Waals surface area contributed by atoms with E-state index in [2.05, 4.69) is 10.4 Å². The smallest absolute Gasteiger partial charge is 0.479 e. The van der Waals surface area contributed by atoms with Crippen LogP contribution < -0.4 is 35.9 Å². The highest BCUT2D eigenvalue weighted by Crippen LogP contribution is 2.29. The van der Waals surface area contributed by atoms with Crippen molar-refractivity contribution in [1.82, 2.24) is 0 Å². The summed E-state index contributed by atoms with van der Waals surface area (Å²) in [5.74, 6) is -0.0129. The Morgan fingerprint density at radius 2 is 1.84 bits per heavy atom. The van der Waals surface area contributed by atoms with Crippen LogP contribution in [0.25, 0.3) is 0 Å². The van der Waals surface area contributed by atoms with Crippen molar-refractivity contribution in [2.75, 3.05) is 23.5 Å². The largest absolute Gasteiger partial charge is 0.565 e. The Morgan fingerprint density at radius 3 is 2.52 bits per heavy atom. The second-order valence-electron chi connectivity index (χ2n) is 6.22. The molecule has 0 spiro atoms. The first-order valence-corrected chi connectivity index (χ1v) is 10.1. The van der Waals surface area contributed by atoms with Gasteiger partial charge in [0.15, 0.2) is 5.78 Å². The summed E-state index contributed by atoms with van der Waals surface area (Å²) in [4.78, 5) is 15.4. The lowest BCUT2D eigenvalue weighted by molar-refractivity contribution is -1.26. The number of anilines is 2. The Morgan fingerprint density at radius 1 is 1.12 bits per heavy atom. The van der Waals surface area contributed by atoms with Crippen LogP contribution in [0.5, 0.6) is 0 Å². The summed E-state index contributed by atoms with van der Waals surface area (Å²) < 4.78 is 15.5. The lowest BCUT2D eigenvalue weighted by Gasteiger charge is -2.30. The zero-order valence-electron chi connectivity index (χ0n) is 14.1. The minimum Gasteiger partial charge on any atom is -0.565 e. The van der Waals surface area contributed by atoms with Gasteiger partial charge < -0.3 is 8.34 Å². The number of carbonyl (C=O) groups excluding carboxylic acids is 1. The van der Waals surface area contributed by atoms with Gasteiger partial charge in [-0.15, -0.1) is 0 Å². The zero-order chi connectivity index (χ0) is 17.6. The van der Waals surface area contributed by atoms with E-state index in [-0.39, 0.29) is 5.78 Å². The number of halogens is 1. The van der Waals surface area contributed by atoms with Crippen molar-refractivity contribution in [3.63, 3.8) is 0 Å². The normalized spacial score (nSPS) is 14.4. The van der Waals surface area contributed by atoms with Gasteiger partial charge in [-0.2, -0.15) is 0 Å². The molecule has 25 heavy (non-hydrogen) atoms. The number of ketones is 1. The molecule has 6 heteroatoms. The van der Waals surface area contributed by atoms with Crippen molar-refractivity contribution in [1.29, 1.82) is 0 Å². The molecule has 2 aromatic rings. The molecule has 1 heterocycles. The van der Waals surface area contributed by atoms with E-state index in [0.717, 1.165) is 37.2 Å². The molecular weight excluding hydrogens is 431 g/mol. The van der Waals surface area contributed by atoms with E-state index >= 15 is 0 Å². The van der Waals surface area contributed by atoms with E-state index in [4.69, 9.17) is 3.17 Å². The average molecular weight is 452 g/mol. The summed E-state index contributed by atoms with van der Waals surface area (Å²) >= 11 is -1.57. The van der Waals surface area contributed by atoms with Gasteiger partial charge in [0.2, 0.25) is 0 Å². The number of carbonyl (C=O) groups is 1. The third-order valence-corrected chi connectivity index (χ3v) is 4.84. The molecule has 132 valence electrons. The fourth-order valence-corrected chi connectivity index (χ4v) is 3.46. The lowest BCUT2D eigenvalue weighted by Crippen LogP contribution is -3.70. The molecule has 3 rings (SSSR count). The minimum absolute atomic E-state index is 0.0129. The van der Waals surface area contributed by atoms with Gasteiger partial charge in [-0.3, -0.25) is 4.79 Å². The van der Waals surface area contributed by atoms with E-state index in [0.29, 0.717) is 16.8 Å². The first-order chi connectivity index (χ1) is 12.2. The number of rotatable bonds is 6. The molecule has 0 amide bonds. The molecule has 0 unspecified atom stereocenters. The number of nitrogens with one attached hydrogen (secondary N) is 1. The summed E-state index contributed by atoms with van der Waals surface area (Å²) in [6.45, 7) is 3.92. The molecule has 0 saturated carbocycles. The summed E-state index contributed by atoms with van der Waals surface area (Å²) in [5, 5.41) is 0. The van der Waals surface area contributed by atoms with Crippen molar-refractivity contribution in [3.8, 4) is 0 Å². The molecule has 2 aromatic carbocycles. The first kappa shape index (κ1) is 18.2. The van der Waals surface area contributed by atoms with Gasteiger partial charge in [-0.25, -0.2) is 5.48 Å². The van der Waals surface area contributed by atoms with Gasteiger partial charge in [-0.1, -0.05) is 29.8 Å². The Labute approximate surface area is 159 Å². The number of hydrogen-bond donors (Lipinski definition) is 1. The summed E-state index contributed by atoms with van der Waals surface area (Å²) in [5.41, 5.74) is 6.66. The van der Waals surface area contributed by atoms with Gasteiger partial charge >= 0.3 is 22.0 Å². The third kappa shape index (κ3) is 4.50. The second-order valence-corrected chi connectivity index (χ2v) is 7.02. The number of hydrogen-bond acceptors (Lipinski definition) is 5. The quantitative estimate of drug-likeness (QED) is 0.375. The number of aryl methyl sites for hydroxylation is 1. The highest BCUT2D eigenvalue weighted by atomic mass is 127. The van der Waals surface area contributed by atoms with Gasteiger partial charge in [0.1, 0.15) is 0 Å². The van der Waals surface area contributed by atoms with Crippen LogP contribution in [0.2, 0.25) is 0 Å². The fourth-order valence-electron chi connectivity index (χ4n) is 3.11. The molecule has 0 aliphatic carbocycles. The number of nitrogens with zero attached hydrogens (tertiary/aromatic N) is 1. The van der Waals surface area contributed by atoms with Crippen LogP contribution in [0.4, 0.5) is 11.4 Å². The molecule has 1 N–H and O–H groups in total. The monoisotopic (exact) mass is 452 g/mol. The molecule has 0 atom stereocenters. The highest BCUT2D eigenvalue weighted by molar-refractivity contribution is 6.13. The van der Waals surface area contributed by atoms with Crippen LogP contribution in [-0.2, 0) is 3.17 Å². The van der Waals surface area contributed by atoms with Crippen molar-refractivity contribution in [2.24, 2.45) is 0 Å². The molecule has 0 bridgehead atoms. The molecule has 5 nitrogen and oxygen atoms in total. The molecule has 1 aliphatic heterocycles. The summed E-state index contributed by atoms with van der Waals surface area (Å²) in [7, 11) is 0. The van der Waals surface area contributed by atoms with Crippen molar-refractivity contribution < 1.29 is 33.4 Å². The Balaban J connectivity index is 1.96. The maximum atomic E-state index is 13.1. The van der Waals surface area contributed by atoms with Crippen LogP contribution in [0.15, 0.2) is 42.5 Å². The van der Waals surface area contributed by atoms with E-state index in [1.54, 1.807) is 6.07 Å². The van der Waals surface area contributed by atoms with E-state index < -0.39 is 22.0 Å². The molecule has 0 aromatic heterocycles. The van der Waals surface area contributed by atoms with Crippen LogP contribution in [-0.4, -0.2) is 18.9 Å². The van der Waals surface area contributed by atoms with Crippen molar-refractivity contribution in [2.45, 2.75) is 26.2 Å². The molecular formula is C19H21IN2O3. The SMILES string of the molecule is Cc1ccc(C(=O)c2cc(NO[I+][O-])ccc2N2CCCCC2)cc1. The van der Waals surface area contributed by atoms with Gasteiger partial charge in [0, 0.05) is 29.9 Å².